The van der Waals surface area contributed by atoms with Crippen LogP contribution in [0.5, 0.6) is 5.75 Å². The Balaban J connectivity index is 1.73. The number of carbonyl (C=O) groups is 2. The van der Waals surface area contributed by atoms with Gasteiger partial charge in [-0.25, -0.2) is 5.01 Å². The third-order valence-corrected chi connectivity index (χ3v) is 3.72. The summed E-state index contributed by atoms with van der Waals surface area (Å²) in [5.41, 5.74) is 1.63. The molecule has 1 heterocycles. The smallest absolute Gasteiger partial charge is 0.271 e. The number of hydrogen-bond donors (Lipinski definition) is 1. The zero-order chi connectivity index (χ0) is 17.6. The molecular formula is C19H19N3O3. The van der Waals surface area contributed by atoms with Gasteiger partial charge in [0.05, 0.1) is 12.3 Å². The van der Waals surface area contributed by atoms with Crippen molar-refractivity contribution in [1.82, 2.24) is 0 Å². The predicted molar refractivity (Wildman–Crippen MR) is 96.8 cm³/mol. The number of rotatable bonds is 5. The summed E-state index contributed by atoms with van der Waals surface area (Å²) in [5, 5.41) is 8.33. The monoisotopic (exact) mass is 337 g/mol. The van der Waals surface area contributed by atoms with Crippen LogP contribution < -0.4 is 15.1 Å². The average molecular weight is 337 g/mol. The Morgan fingerprint density at radius 1 is 1.12 bits per heavy atom. The maximum absolute atomic E-state index is 12.5. The molecule has 0 aliphatic carbocycles. The van der Waals surface area contributed by atoms with Gasteiger partial charge in [-0.2, -0.15) is 5.10 Å². The highest BCUT2D eigenvalue weighted by Crippen LogP contribution is 2.21. The molecule has 1 aliphatic heterocycles. The first kappa shape index (κ1) is 16.7. The van der Waals surface area contributed by atoms with E-state index in [2.05, 4.69) is 10.4 Å². The van der Waals surface area contributed by atoms with Crippen LogP contribution in [0, 0.1) is 0 Å². The minimum atomic E-state index is -0.308. The SMILES string of the molecule is CCOc1ccc(NC(=O)C2=NN(c3ccccc3)C(=O)CC2)cc1. The van der Waals surface area contributed by atoms with E-state index in [0.717, 1.165) is 5.75 Å². The fourth-order valence-corrected chi connectivity index (χ4v) is 2.49. The van der Waals surface area contributed by atoms with Crippen LogP contribution in [0.2, 0.25) is 0 Å². The Morgan fingerprint density at radius 3 is 2.52 bits per heavy atom. The van der Waals surface area contributed by atoms with Crippen LogP contribution >= 0.6 is 0 Å². The van der Waals surface area contributed by atoms with Gasteiger partial charge in [0.25, 0.3) is 5.91 Å². The molecular weight excluding hydrogens is 318 g/mol. The van der Waals surface area contributed by atoms with Crippen LogP contribution in [0.4, 0.5) is 11.4 Å². The molecule has 0 unspecified atom stereocenters. The Bertz CT molecular complexity index is 785. The number of amides is 2. The minimum Gasteiger partial charge on any atom is -0.494 e. The lowest BCUT2D eigenvalue weighted by molar-refractivity contribution is -0.118. The summed E-state index contributed by atoms with van der Waals surface area (Å²) >= 11 is 0. The first-order valence-corrected chi connectivity index (χ1v) is 8.17. The summed E-state index contributed by atoms with van der Waals surface area (Å²) in [7, 11) is 0. The Hall–Kier alpha value is -3.15. The Morgan fingerprint density at radius 2 is 1.84 bits per heavy atom. The molecule has 0 saturated carbocycles. The zero-order valence-corrected chi connectivity index (χ0v) is 13.9. The van der Waals surface area contributed by atoms with Crippen LogP contribution in [0.3, 0.4) is 0 Å². The predicted octanol–water partition coefficient (Wildman–Crippen LogP) is 3.21. The summed E-state index contributed by atoms with van der Waals surface area (Å²) in [6.45, 7) is 2.50. The van der Waals surface area contributed by atoms with Crippen molar-refractivity contribution in [3.63, 3.8) is 0 Å². The molecule has 0 radical (unpaired) electrons. The molecule has 2 amide bonds. The number of hydrazone groups is 1. The number of hydrogen-bond acceptors (Lipinski definition) is 4. The van der Waals surface area contributed by atoms with Crippen molar-refractivity contribution in [2.45, 2.75) is 19.8 Å². The van der Waals surface area contributed by atoms with Crippen LogP contribution in [0.15, 0.2) is 59.7 Å². The first-order valence-electron chi connectivity index (χ1n) is 8.17. The van der Waals surface area contributed by atoms with Gasteiger partial charge in [-0.3, -0.25) is 9.59 Å². The number of nitrogens with one attached hydrogen (secondary N) is 1. The van der Waals surface area contributed by atoms with E-state index < -0.39 is 0 Å². The van der Waals surface area contributed by atoms with Gasteiger partial charge in [-0.05, 0) is 43.3 Å². The zero-order valence-electron chi connectivity index (χ0n) is 13.9. The van der Waals surface area contributed by atoms with Gasteiger partial charge in [0, 0.05) is 18.5 Å². The molecule has 3 rings (SSSR count). The van der Waals surface area contributed by atoms with Crippen molar-refractivity contribution in [2.75, 3.05) is 16.9 Å². The molecule has 25 heavy (non-hydrogen) atoms. The highest BCUT2D eigenvalue weighted by atomic mass is 16.5. The number of ether oxygens (including phenoxy) is 1. The summed E-state index contributed by atoms with van der Waals surface area (Å²) in [6, 6.07) is 16.2. The summed E-state index contributed by atoms with van der Waals surface area (Å²) in [6.07, 6.45) is 0.579. The lowest BCUT2D eigenvalue weighted by Crippen LogP contribution is -2.36. The third kappa shape index (κ3) is 4.03. The van der Waals surface area contributed by atoms with Gasteiger partial charge in [-0.1, -0.05) is 18.2 Å². The molecule has 0 saturated heterocycles. The van der Waals surface area contributed by atoms with E-state index in [9.17, 15) is 9.59 Å². The van der Waals surface area contributed by atoms with Crippen molar-refractivity contribution in [1.29, 1.82) is 0 Å². The van der Waals surface area contributed by atoms with Crippen molar-refractivity contribution < 1.29 is 14.3 Å². The van der Waals surface area contributed by atoms with Crippen LogP contribution in [-0.2, 0) is 9.59 Å². The highest BCUT2D eigenvalue weighted by molar-refractivity contribution is 6.44. The van der Waals surface area contributed by atoms with E-state index in [1.165, 1.54) is 5.01 Å². The minimum absolute atomic E-state index is 0.121. The maximum atomic E-state index is 12.5. The highest BCUT2D eigenvalue weighted by Gasteiger charge is 2.25. The molecule has 2 aromatic carbocycles. The first-order chi connectivity index (χ1) is 12.2. The number of carbonyl (C=O) groups excluding carboxylic acids is 2. The molecule has 6 nitrogen and oxygen atoms in total. The van der Waals surface area contributed by atoms with Crippen molar-refractivity contribution in [3.8, 4) is 5.75 Å². The summed E-state index contributed by atoms with van der Waals surface area (Å²) in [5.74, 6) is 0.317. The van der Waals surface area contributed by atoms with Crippen molar-refractivity contribution in [2.24, 2.45) is 5.10 Å². The molecule has 1 N–H and O–H groups in total. The lowest BCUT2D eigenvalue weighted by atomic mass is 10.1. The third-order valence-electron chi connectivity index (χ3n) is 3.72. The standard InChI is InChI=1S/C19H19N3O3/c1-2-25-16-10-8-14(9-11-16)20-19(24)17-12-13-18(23)22(21-17)15-6-4-3-5-7-15/h3-11H,2,12-13H2,1H3,(H,20,24). The summed E-state index contributed by atoms with van der Waals surface area (Å²) < 4.78 is 5.38. The molecule has 128 valence electrons. The normalized spacial score (nSPS) is 14.0. The number of anilines is 2. The van der Waals surface area contributed by atoms with E-state index >= 15 is 0 Å². The fraction of sp³-hybridized carbons (Fsp3) is 0.211. The van der Waals surface area contributed by atoms with E-state index in [0.29, 0.717) is 30.1 Å². The second-order valence-corrected chi connectivity index (χ2v) is 5.50. The van der Waals surface area contributed by atoms with Gasteiger partial charge < -0.3 is 10.1 Å². The molecule has 1 aliphatic rings. The average Bonchev–Trinajstić information content (AvgIpc) is 2.64. The van der Waals surface area contributed by atoms with Crippen molar-refractivity contribution >= 4 is 28.9 Å². The lowest BCUT2D eigenvalue weighted by Gasteiger charge is -2.23. The number of benzene rings is 2. The van der Waals surface area contributed by atoms with Gasteiger partial charge >= 0.3 is 0 Å². The van der Waals surface area contributed by atoms with Crippen LogP contribution in [0.25, 0.3) is 0 Å². The molecule has 6 heteroatoms. The van der Waals surface area contributed by atoms with Crippen LogP contribution in [-0.4, -0.2) is 24.1 Å². The van der Waals surface area contributed by atoms with Gasteiger partial charge in [0.2, 0.25) is 5.91 Å². The van der Waals surface area contributed by atoms with Crippen molar-refractivity contribution in [3.05, 3.63) is 54.6 Å². The molecule has 0 bridgehead atoms. The fourth-order valence-electron chi connectivity index (χ4n) is 2.49. The molecule has 2 aromatic rings. The van der Waals surface area contributed by atoms with Crippen LogP contribution in [0.1, 0.15) is 19.8 Å². The van der Waals surface area contributed by atoms with Gasteiger partial charge in [0.1, 0.15) is 11.5 Å². The van der Waals surface area contributed by atoms with Gasteiger partial charge in [-0.15, -0.1) is 0 Å². The second-order valence-electron chi connectivity index (χ2n) is 5.50. The molecule has 0 spiro atoms. The maximum Gasteiger partial charge on any atom is 0.271 e. The number of para-hydroxylation sites is 1. The van der Waals surface area contributed by atoms with E-state index in [4.69, 9.17) is 4.74 Å². The summed E-state index contributed by atoms with van der Waals surface area (Å²) in [4.78, 5) is 24.5. The second kappa shape index (κ2) is 7.61. The van der Waals surface area contributed by atoms with Gasteiger partial charge in [0.15, 0.2) is 0 Å². The number of nitrogens with zero attached hydrogens (tertiary/aromatic N) is 2. The Labute approximate surface area is 146 Å². The largest absolute Gasteiger partial charge is 0.494 e. The molecule has 0 aromatic heterocycles. The van der Waals surface area contributed by atoms with E-state index in [1.807, 2.05) is 25.1 Å². The van der Waals surface area contributed by atoms with E-state index in [1.54, 1.807) is 36.4 Å². The Kier molecular flexibility index (Phi) is 5.09. The topological polar surface area (TPSA) is 71.0 Å². The molecule has 0 atom stereocenters. The van der Waals surface area contributed by atoms with E-state index in [-0.39, 0.29) is 18.2 Å². The quantitative estimate of drug-likeness (QED) is 0.911. The molecule has 0 fully saturated rings.